The molecule has 1 saturated carbocycles. The number of aliphatic hydroxyl groups is 1. The fourth-order valence-electron chi connectivity index (χ4n) is 6.39. The molecule has 0 radical (unpaired) electrons. The molecule has 8 nitrogen and oxygen atoms in total. The second-order valence-corrected chi connectivity index (χ2v) is 13.6. The van der Waals surface area contributed by atoms with Crippen LogP contribution in [0.3, 0.4) is 0 Å². The third-order valence-corrected chi connectivity index (χ3v) is 8.18. The fourth-order valence-corrected chi connectivity index (χ4v) is 6.94. The van der Waals surface area contributed by atoms with Gasteiger partial charge < -0.3 is 5.11 Å². The number of rotatable bonds is 6. The number of nitrogens with zero attached hydrogens (tertiary/aromatic N) is 1. The summed E-state index contributed by atoms with van der Waals surface area (Å²) in [6.45, 7) is 4.96. The van der Waals surface area contributed by atoms with Crippen LogP contribution in [0.4, 0.5) is 5.69 Å². The average molecular weight is 523 g/mol. The first-order chi connectivity index (χ1) is 16.2. The highest BCUT2D eigenvalue weighted by atomic mass is 32.2. The van der Waals surface area contributed by atoms with E-state index in [0.29, 0.717) is 23.8 Å². The summed E-state index contributed by atoms with van der Waals surface area (Å²) < 4.78 is 51.7. The Morgan fingerprint density at radius 3 is 2.00 bits per heavy atom. The number of hydrogen-bond acceptors (Lipinski definition) is 6. The molecule has 2 fully saturated rings. The van der Waals surface area contributed by atoms with E-state index in [1.807, 2.05) is 18.2 Å². The number of likely N-dealkylation sites (tertiary alicyclic amines) is 1. The molecule has 2 aromatic rings. The van der Waals surface area contributed by atoms with Crippen LogP contribution in [0.1, 0.15) is 30.0 Å². The molecule has 2 aliphatic carbocycles. The summed E-state index contributed by atoms with van der Waals surface area (Å²) >= 11 is 0. The Balaban J connectivity index is 0.000000527. The molecule has 0 bridgehead atoms. The Labute approximate surface area is 208 Å². The molecular weight excluding hydrogens is 488 g/mol. The largest absolute Gasteiger partial charge is 0.388 e. The molecule has 0 spiro atoms. The molecule has 3 atom stereocenters. The van der Waals surface area contributed by atoms with Gasteiger partial charge in [-0.3, -0.25) is 14.2 Å². The molecule has 1 saturated heterocycles. The molecule has 3 N–H and O–H groups in total. The van der Waals surface area contributed by atoms with Gasteiger partial charge >= 0.3 is 0 Å². The van der Waals surface area contributed by atoms with Gasteiger partial charge in [0.25, 0.3) is 10.1 Å². The quantitative estimate of drug-likeness (QED) is 0.497. The van der Waals surface area contributed by atoms with Crippen molar-refractivity contribution >= 4 is 25.8 Å². The summed E-state index contributed by atoms with van der Waals surface area (Å²) in [4.78, 5) is 2.44. The highest BCUT2D eigenvalue weighted by molar-refractivity contribution is 7.92. The van der Waals surface area contributed by atoms with E-state index in [1.54, 1.807) is 0 Å². The average Bonchev–Trinajstić information content (AvgIpc) is 2.98. The Hall–Kier alpha value is -1.98. The van der Waals surface area contributed by atoms with E-state index in [2.05, 4.69) is 46.9 Å². The normalized spacial score (nSPS) is 26.9. The lowest BCUT2D eigenvalue weighted by molar-refractivity contribution is 0.0139. The standard InChI is InChI=1S/C24H30N2O3S.CH4O3S/c1-3-24(19-9-6-10-20(11-19)25-30(2,28)29)21-14-26(15-22(21)24)16-23(27)12-17-7-4-5-8-18(17)13-23;1-5(2,3)4/h4-11,21-22,25,27H,3,12-16H2,1-2H3;1H3,(H,2,3,4)/t21-,22+,24?;. The molecular formula is C25H34N2O6S2. The van der Waals surface area contributed by atoms with Gasteiger partial charge in [-0.15, -0.1) is 0 Å². The van der Waals surface area contributed by atoms with Gasteiger partial charge in [0.2, 0.25) is 10.0 Å². The van der Waals surface area contributed by atoms with Crippen molar-refractivity contribution in [3.63, 3.8) is 0 Å². The number of hydrogen-bond donors (Lipinski definition) is 3. The molecule has 0 amide bonds. The van der Waals surface area contributed by atoms with E-state index in [0.717, 1.165) is 38.9 Å². The predicted octanol–water partition coefficient (Wildman–Crippen LogP) is 2.30. The Morgan fingerprint density at radius 1 is 0.971 bits per heavy atom. The molecule has 35 heavy (non-hydrogen) atoms. The Kier molecular flexibility index (Phi) is 6.82. The maximum Gasteiger partial charge on any atom is 0.261 e. The number of anilines is 1. The highest BCUT2D eigenvalue weighted by Crippen LogP contribution is 2.65. The van der Waals surface area contributed by atoms with Crippen LogP contribution in [-0.4, -0.2) is 69.1 Å². The first-order valence-electron chi connectivity index (χ1n) is 11.7. The van der Waals surface area contributed by atoms with Gasteiger partial charge in [-0.05, 0) is 47.1 Å². The lowest BCUT2D eigenvalue weighted by atomic mass is 9.87. The summed E-state index contributed by atoms with van der Waals surface area (Å²) in [5.41, 5.74) is 3.91. The molecule has 1 aliphatic heterocycles. The molecule has 192 valence electrons. The minimum atomic E-state index is -3.67. The SMILES string of the molecule is CCC1(c2cccc(NS(C)(=O)=O)c2)[C@@H]2CN(CC3(O)Cc4ccccc4C3)C[C@@H]21.CS(=O)(=O)O. The monoisotopic (exact) mass is 522 g/mol. The summed E-state index contributed by atoms with van der Waals surface area (Å²) in [5.74, 6) is 1.15. The van der Waals surface area contributed by atoms with E-state index < -0.39 is 25.7 Å². The maximum absolute atomic E-state index is 11.6. The van der Waals surface area contributed by atoms with Crippen molar-refractivity contribution in [1.29, 1.82) is 0 Å². The molecule has 5 rings (SSSR count). The van der Waals surface area contributed by atoms with Crippen LogP contribution in [-0.2, 0) is 38.4 Å². The Bertz CT molecular complexity index is 1260. The van der Waals surface area contributed by atoms with Crippen molar-refractivity contribution in [3.05, 3.63) is 65.2 Å². The molecule has 2 aromatic carbocycles. The number of nitrogens with one attached hydrogen (secondary N) is 1. The van der Waals surface area contributed by atoms with Gasteiger partial charge in [-0.25, -0.2) is 8.42 Å². The zero-order valence-corrected chi connectivity index (χ0v) is 21.9. The molecule has 1 unspecified atom stereocenters. The number of piperidine rings is 1. The zero-order chi connectivity index (χ0) is 25.6. The van der Waals surface area contributed by atoms with Gasteiger partial charge in [0.1, 0.15) is 0 Å². The van der Waals surface area contributed by atoms with Gasteiger partial charge in [0, 0.05) is 43.6 Å². The van der Waals surface area contributed by atoms with Crippen LogP contribution < -0.4 is 4.72 Å². The van der Waals surface area contributed by atoms with Gasteiger partial charge in [0.15, 0.2) is 0 Å². The van der Waals surface area contributed by atoms with Crippen molar-refractivity contribution in [3.8, 4) is 0 Å². The summed E-state index contributed by atoms with van der Waals surface area (Å²) in [5, 5.41) is 11.2. The number of β-amino-alcohol motifs (C(OH)–C–C–N with tert-alkyl or cyclic N) is 1. The van der Waals surface area contributed by atoms with Crippen LogP contribution >= 0.6 is 0 Å². The molecule has 10 heteroatoms. The number of sulfonamides is 1. The number of fused-ring (bicyclic) bond motifs is 2. The van der Waals surface area contributed by atoms with Crippen LogP contribution in [0.5, 0.6) is 0 Å². The maximum atomic E-state index is 11.6. The van der Waals surface area contributed by atoms with Crippen LogP contribution in [0.2, 0.25) is 0 Å². The molecule has 1 heterocycles. The third kappa shape index (κ3) is 5.89. The highest BCUT2D eigenvalue weighted by Gasteiger charge is 2.67. The van der Waals surface area contributed by atoms with E-state index in [4.69, 9.17) is 4.55 Å². The van der Waals surface area contributed by atoms with E-state index in [9.17, 15) is 21.9 Å². The van der Waals surface area contributed by atoms with Crippen LogP contribution in [0, 0.1) is 11.8 Å². The summed E-state index contributed by atoms with van der Waals surface area (Å²) in [7, 11) is -6.95. The third-order valence-electron chi connectivity index (χ3n) is 7.57. The molecule has 3 aliphatic rings. The first-order valence-corrected chi connectivity index (χ1v) is 15.5. The van der Waals surface area contributed by atoms with Crippen LogP contribution in [0.25, 0.3) is 0 Å². The second-order valence-electron chi connectivity index (χ2n) is 10.3. The van der Waals surface area contributed by atoms with Crippen molar-refractivity contribution in [2.24, 2.45) is 11.8 Å². The molecule has 0 aromatic heterocycles. The zero-order valence-electron chi connectivity index (χ0n) is 20.3. The predicted molar refractivity (Wildman–Crippen MR) is 137 cm³/mol. The smallest absolute Gasteiger partial charge is 0.261 e. The van der Waals surface area contributed by atoms with Crippen LogP contribution in [0.15, 0.2) is 48.5 Å². The minimum absolute atomic E-state index is 0.132. The fraction of sp³-hybridized carbons (Fsp3) is 0.520. The van der Waals surface area contributed by atoms with Crippen molar-refractivity contribution in [2.45, 2.75) is 37.2 Å². The van der Waals surface area contributed by atoms with Gasteiger partial charge in [-0.1, -0.05) is 43.3 Å². The second kappa shape index (κ2) is 9.15. The van der Waals surface area contributed by atoms with E-state index in [-0.39, 0.29) is 5.41 Å². The van der Waals surface area contributed by atoms with E-state index >= 15 is 0 Å². The topological polar surface area (TPSA) is 124 Å². The lowest BCUT2D eigenvalue weighted by Gasteiger charge is -2.32. The van der Waals surface area contributed by atoms with Crippen molar-refractivity contribution in [1.82, 2.24) is 4.90 Å². The minimum Gasteiger partial charge on any atom is -0.388 e. The summed E-state index contributed by atoms with van der Waals surface area (Å²) in [6.07, 6.45) is 4.44. The number of benzene rings is 2. The van der Waals surface area contributed by atoms with Gasteiger partial charge in [0.05, 0.1) is 18.1 Å². The lowest BCUT2D eigenvalue weighted by Crippen LogP contribution is -2.45. The Morgan fingerprint density at radius 2 is 1.51 bits per heavy atom. The first kappa shape index (κ1) is 26.1. The summed E-state index contributed by atoms with van der Waals surface area (Å²) in [6, 6.07) is 16.3. The van der Waals surface area contributed by atoms with E-state index in [1.165, 1.54) is 22.9 Å². The van der Waals surface area contributed by atoms with Crippen molar-refractivity contribution < 1.29 is 26.5 Å². The van der Waals surface area contributed by atoms with Crippen molar-refractivity contribution in [2.75, 3.05) is 36.9 Å². The van der Waals surface area contributed by atoms with Gasteiger partial charge in [-0.2, -0.15) is 8.42 Å².